The lowest BCUT2D eigenvalue weighted by atomic mass is 10.1. The quantitative estimate of drug-likeness (QED) is 0.490. The highest BCUT2D eigenvalue weighted by Gasteiger charge is 2.24. The van der Waals surface area contributed by atoms with Crippen molar-refractivity contribution in [2.75, 3.05) is 18.4 Å². The smallest absolute Gasteiger partial charge is 0.245 e. The van der Waals surface area contributed by atoms with Gasteiger partial charge in [0.2, 0.25) is 11.9 Å². The number of amides is 1. The Labute approximate surface area is 167 Å². The molecular formula is C19H23N7OS. The molecular weight excluding hydrogens is 374 g/mol. The van der Waals surface area contributed by atoms with E-state index in [0.717, 1.165) is 47.7 Å². The number of fused-ring (bicyclic) bond motifs is 1. The Kier molecular flexibility index (Phi) is 5.34. The summed E-state index contributed by atoms with van der Waals surface area (Å²) in [6, 6.07) is 1.99. The lowest BCUT2D eigenvalue weighted by Gasteiger charge is -2.31. The van der Waals surface area contributed by atoms with Gasteiger partial charge in [-0.2, -0.15) is 10.1 Å². The number of likely N-dealkylation sites (tertiary alicyclic amines) is 1. The molecule has 1 saturated heterocycles. The van der Waals surface area contributed by atoms with Gasteiger partial charge in [-0.1, -0.05) is 6.58 Å². The fourth-order valence-corrected chi connectivity index (χ4v) is 4.60. The molecule has 1 aliphatic rings. The molecule has 28 heavy (non-hydrogen) atoms. The van der Waals surface area contributed by atoms with Gasteiger partial charge < -0.3 is 15.2 Å². The minimum atomic E-state index is -0.00456. The molecule has 146 valence electrons. The highest BCUT2D eigenvalue weighted by Crippen LogP contribution is 2.33. The maximum absolute atomic E-state index is 12.0. The second-order valence-electron chi connectivity index (χ2n) is 6.67. The zero-order valence-electron chi connectivity index (χ0n) is 15.8. The minimum Gasteiger partial charge on any atom is -0.346 e. The molecule has 0 aromatic carbocycles. The van der Waals surface area contributed by atoms with Crippen molar-refractivity contribution < 1.29 is 4.79 Å². The lowest BCUT2D eigenvalue weighted by molar-refractivity contribution is -0.126. The zero-order valence-corrected chi connectivity index (χ0v) is 16.6. The zero-order chi connectivity index (χ0) is 19.5. The third-order valence-corrected chi connectivity index (χ3v) is 5.99. The lowest BCUT2D eigenvalue weighted by Crippen LogP contribution is -2.40. The number of nitrogens with zero attached hydrogens (tertiary/aromatic N) is 5. The van der Waals surface area contributed by atoms with Crippen LogP contribution in [0.3, 0.4) is 0 Å². The number of aryl methyl sites for hydroxylation is 1. The standard InChI is InChI=1S/C19H23N7OS/c1-3-16(27)25-9-5-6-14(12-25)28-18-15-7-8-20-17(15)23-19(24-18)22-13-10-21-26(4-2)11-13/h3,7-8,10-11,14H,1,4-6,9,12H2,2H3,(H2,20,22,23,24). The summed E-state index contributed by atoms with van der Waals surface area (Å²) in [5.74, 6) is 0.526. The second kappa shape index (κ2) is 8.05. The first-order chi connectivity index (χ1) is 13.7. The number of rotatable bonds is 6. The molecule has 3 aromatic heterocycles. The Morgan fingerprint density at radius 2 is 2.39 bits per heavy atom. The molecule has 1 atom stereocenters. The monoisotopic (exact) mass is 397 g/mol. The molecule has 0 spiro atoms. The van der Waals surface area contributed by atoms with Gasteiger partial charge in [-0.3, -0.25) is 9.48 Å². The topological polar surface area (TPSA) is 91.7 Å². The van der Waals surface area contributed by atoms with E-state index in [0.29, 0.717) is 17.7 Å². The van der Waals surface area contributed by atoms with E-state index in [4.69, 9.17) is 4.98 Å². The molecule has 3 aromatic rings. The van der Waals surface area contributed by atoms with Crippen LogP contribution >= 0.6 is 11.8 Å². The fraction of sp³-hybridized carbons (Fsp3) is 0.368. The largest absolute Gasteiger partial charge is 0.346 e. The van der Waals surface area contributed by atoms with Gasteiger partial charge >= 0.3 is 0 Å². The molecule has 9 heteroatoms. The molecule has 4 rings (SSSR count). The van der Waals surface area contributed by atoms with Gasteiger partial charge in [0.05, 0.1) is 17.3 Å². The van der Waals surface area contributed by atoms with Crippen LogP contribution in [-0.2, 0) is 11.3 Å². The van der Waals surface area contributed by atoms with Crippen LogP contribution in [0.15, 0.2) is 42.3 Å². The van der Waals surface area contributed by atoms with Gasteiger partial charge in [-0.25, -0.2) is 4.98 Å². The normalized spacial score (nSPS) is 17.0. The molecule has 0 bridgehead atoms. The Hall–Kier alpha value is -2.81. The van der Waals surface area contributed by atoms with Gasteiger partial charge in [0.1, 0.15) is 10.7 Å². The van der Waals surface area contributed by atoms with Crippen molar-refractivity contribution in [1.29, 1.82) is 0 Å². The molecule has 2 N–H and O–H groups in total. The number of carbonyl (C=O) groups is 1. The van der Waals surface area contributed by atoms with Crippen LogP contribution in [0.2, 0.25) is 0 Å². The van der Waals surface area contributed by atoms with Crippen molar-refractivity contribution >= 4 is 40.3 Å². The average molecular weight is 398 g/mol. The van der Waals surface area contributed by atoms with Crippen molar-refractivity contribution in [3.63, 3.8) is 0 Å². The molecule has 0 radical (unpaired) electrons. The van der Waals surface area contributed by atoms with Crippen molar-refractivity contribution in [2.24, 2.45) is 0 Å². The summed E-state index contributed by atoms with van der Waals surface area (Å²) >= 11 is 1.70. The van der Waals surface area contributed by atoms with Crippen molar-refractivity contribution in [1.82, 2.24) is 29.6 Å². The highest BCUT2D eigenvalue weighted by molar-refractivity contribution is 8.00. The number of H-pyrrole nitrogens is 1. The summed E-state index contributed by atoms with van der Waals surface area (Å²) in [7, 11) is 0. The number of aromatic amines is 1. The van der Waals surface area contributed by atoms with Crippen LogP contribution in [0.4, 0.5) is 11.6 Å². The van der Waals surface area contributed by atoms with E-state index in [1.54, 1.807) is 18.0 Å². The summed E-state index contributed by atoms with van der Waals surface area (Å²) in [6.45, 7) is 7.94. The SMILES string of the molecule is C=CC(=O)N1CCCC(Sc2nc(Nc3cnn(CC)c3)nc3[nH]ccc23)C1. The number of hydrogen-bond donors (Lipinski definition) is 2. The maximum atomic E-state index is 12.0. The summed E-state index contributed by atoms with van der Waals surface area (Å²) < 4.78 is 1.85. The molecule has 8 nitrogen and oxygen atoms in total. The number of anilines is 2. The van der Waals surface area contributed by atoms with Gasteiger partial charge in [-0.15, -0.1) is 11.8 Å². The van der Waals surface area contributed by atoms with Gasteiger partial charge in [-0.05, 0) is 31.9 Å². The van der Waals surface area contributed by atoms with E-state index in [9.17, 15) is 4.79 Å². The summed E-state index contributed by atoms with van der Waals surface area (Å²) in [6.07, 6.45) is 8.98. The summed E-state index contributed by atoms with van der Waals surface area (Å²) in [5, 5.41) is 9.71. The van der Waals surface area contributed by atoms with Gasteiger partial charge in [0, 0.05) is 37.3 Å². The number of carbonyl (C=O) groups excluding carboxylic acids is 1. The average Bonchev–Trinajstić information content (AvgIpc) is 3.37. The Balaban J connectivity index is 1.56. The summed E-state index contributed by atoms with van der Waals surface area (Å²) in [4.78, 5) is 26.3. The molecule has 4 heterocycles. The third-order valence-electron chi connectivity index (χ3n) is 4.74. The third kappa shape index (κ3) is 3.89. The first-order valence-corrected chi connectivity index (χ1v) is 10.3. The number of hydrogen-bond acceptors (Lipinski definition) is 6. The molecule has 0 aliphatic carbocycles. The first kappa shape index (κ1) is 18.5. The van der Waals surface area contributed by atoms with Crippen LogP contribution in [0.5, 0.6) is 0 Å². The van der Waals surface area contributed by atoms with E-state index in [2.05, 4.69) is 27.0 Å². The predicted octanol–water partition coefficient (Wildman–Crippen LogP) is 3.19. The second-order valence-corrected chi connectivity index (χ2v) is 7.96. The van der Waals surface area contributed by atoms with Crippen molar-refractivity contribution in [3.8, 4) is 0 Å². The molecule has 0 saturated carbocycles. The predicted molar refractivity (Wildman–Crippen MR) is 111 cm³/mol. The van der Waals surface area contributed by atoms with E-state index in [1.807, 2.05) is 35.0 Å². The Bertz CT molecular complexity index is 995. The highest BCUT2D eigenvalue weighted by atomic mass is 32.2. The van der Waals surface area contributed by atoms with Crippen LogP contribution in [0.25, 0.3) is 11.0 Å². The first-order valence-electron chi connectivity index (χ1n) is 9.39. The number of piperidine rings is 1. The Morgan fingerprint density at radius 1 is 1.50 bits per heavy atom. The van der Waals surface area contributed by atoms with Crippen LogP contribution in [0, 0.1) is 0 Å². The summed E-state index contributed by atoms with van der Waals surface area (Å²) in [5.41, 5.74) is 1.64. The van der Waals surface area contributed by atoms with Crippen molar-refractivity contribution in [3.05, 3.63) is 37.3 Å². The molecule has 1 aliphatic heterocycles. The van der Waals surface area contributed by atoms with E-state index >= 15 is 0 Å². The number of thioether (sulfide) groups is 1. The number of nitrogens with one attached hydrogen (secondary N) is 2. The van der Waals surface area contributed by atoms with Crippen molar-refractivity contribution in [2.45, 2.75) is 36.6 Å². The van der Waals surface area contributed by atoms with E-state index < -0.39 is 0 Å². The fourth-order valence-electron chi connectivity index (χ4n) is 3.31. The molecule has 1 amide bonds. The van der Waals surface area contributed by atoms with Gasteiger partial charge in [0.15, 0.2) is 0 Å². The number of aromatic nitrogens is 5. The molecule has 1 fully saturated rings. The molecule has 1 unspecified atom stereocenters. The van der Waals surface area contributed by atoms with Crippen LogP contribution in [0.1, 0.15) is 19.8 Å². The van der Waals surface area contributed by atoms with E-state index in [1.165, 1.54) is 6.08 Å². The minimum absolute atomic E-state index is 0.00456. The van der Waals surface area contributed by atoms with Crippen LogP contribution in [-0.4, -0.2) is 53.9 Å². The van der Waals surface area contributed by atoms with Gasteiger partial charge in [0.25, 0.3) is 0 Å². The van der Waals surface area contributed by atoms with E-state index in [-0.39, 0.29) is 5.91 Å². The Morgan fingerprint density at radius 3 is 3.18 bits per heavy atom. The maximum Gasteiger partial charge on any atom is 0.245 e. The van der Waals surface area contributed by atoms with Crippen LogP contribution < -0.4 is 5.32 Å².